The Morgan fingerprint density at radius 2 is 2.00 bits per heavy atom. The third-order valence-corrected chi connectivity index (χ3v) is 3.06. The van der Waals surface area contributed by atoms with E-state index in [1.165, 1.54) is 11.1 Å². The maximum absolute atomic E-state index is 8.90. The Labute approximate surface area is 104 Å². The van der Waals surface area contributed by atoms with Gasteiger partial charge in [0, 0.05) is 0 Å². The highest BCUT2D eigenvalue weighted by molar-refractivity contribution is 5.38. The normalized spacial score (nSPS) is 11.0. The number of rotatable bonds is 5. The Kier molecular flexibility index (Phi) is 4.57. The first-order chi connectivity index (χ1) is 7.96. The van der Waals surface area contributed by atoms with Crippen molar-refractivity contribution in [3.8, 4) is 11.8 Å². The average molecular weight is 231 g/mol. The molecular formula is C15H21NO. The molecule has 0 saturated carbocycles. The highest BCUT2D eigenvalue weighted by atomic mass is 16.5. The van der Waals surface area contributed by atoms with Gasteiger partial charge in [0.2, 0.25) is 0 Å². The van der Waals surface area contributed by atoms with Crippen LogP contribution in [-0.2, 0) is 0 Å². The van der Waals surface area contributed by atoms with Gasteiger partial charge in [-0.05, 0) is 57.7 Å². The van der Waals surface area contributed by atoms with Gasteiger partial charge in [0.15, 0.2) is 0 Å². The van der Waals surface area contributed by atoms with Gasteiger partial charge in [-0.3, -0.25) is 0 Å². The standard InChI is InChI=1S/C15H21NO/c1-12-7-5-8-14(13(12)2)17-10-6-9-15(3,4)11-16/h5,7-8H,6,9-10H2,1-4H3. The van der Waals surface area contributed by atoms with Crippen molar-refractivity contribution in [1.82, 2.24) is 0 Å². The van der Waals surface area contributed by atoms with Crippen LogP contribution in [0.15, 0.2) is 18.2 Å². The predicted molar refractivity (Wildman–Crippen MR) is 70.0 cm³/mol. The lowest BCUT2D eigenvalue weighted by Crippen LogP contribution is -2.10. The topological polar surface area (TPSA) is 33.0 Å². The van der Waals surface area contributed by atoms with Crippen LogP contribution in [0.1, 0.15) is 37.8 Å². The van der Waals surface area contributed by atoms with E-state index in [4.69, 9.17) is 10.00 Å². The van der Waals surface area contributed by atoms with Crippen LogP contribution in [0.4, 0.5) is 0 Å². The maximum atomic E-state index is 8.90. The van der Waals surface area contributed by atoms with Crippen molar-refractivity contribution in [3.63, 3.8) is 0 Å². The van der Waals surface area contributed by atoms with E-state index in [0.29, 0.717) is 6.61 Å². The molecule has 0 aliphatic carbocycles. The van der Waals surface area contributed by atoms with E-state index in [0.717, 1.165) is 18.6 Å². The van der Waals surface area contributed by atoms with E-state index in [2.05, 4.69) is 26.0 Å². The summed E-state index contributed by atoms with van der Waals surface area (Å²) in [5.41, 5.74) is 2.21. The minimum atomic E-state index is -0.245. The molecule has 17 heavy (non-hydrogen) atoms. The lowest BCUT2D eigenvalue weighted by molar-refractivity contribution is 0.282. The average Bonchev–Trinajstić information content (AvgIpc) is 2.30. The zero-order valence-electron chi connectivity index (χ0n) is 11.2. The lowest BCUT2D eigenvalue weighted by atomic mass is 9.90. The van der Waals surface area contributed by atoms with E-state index in [1.54, 1.807) is 0 Å². The molecule has 0 atom stereocenters. The van der Waals surface area contributed by atoms with Crippen molar-refractivity contribution in [3.05, 3.63) is 29.3 Å². The third-order valence-electron chi connectivity index (χ3n) is 3.06. The summed E-state index contributed by atoms with van der Waals surface area (Å²) in [5.74, 6) is 0.958. The smallest absolute Gasteiger partial charge is 0.122 e. The molecule has 0 bridgehead atoms. The summed E-state index contributed by atoms with van der Waals surface area (Å²) in [6.07, 6.45) is 1.78. The molecular weight excluding hydrogens is 210 g/mol. The zero-order valence-corrected chi connectivity index (χ0v) is 11.2. The Balaban J connectivity index is 2.42. The molecule has 0 spiro atoms. The molecule has 0 fully saturated rings. The molecule has 0 saturated heterocycles. The number of hydrogen-bond donors (Lipinski definition) is 0. The van der Waals surface area contributed by atoms with E-state index in [9.17, 15) is 0 Å². The number of hydrogen-bond acceptors (Lipinski definition) is 2. The second-order valence-electron chi connectivity index (χ2n) is 5.15. The first-order valence-electron chi connectivity index (χ1n) is 6.06. The van der Waals surface area contributed by atoms with Gasteiger partial charge in [0.1, 0.15) is 5.75 Å². The fraction of sp³-hybridized carbons (Fsp3) is 0.533. The lowest BCUT2D eigenvalue weighted by Gasteiger charge is -2.15. The van der Waals surface area contributed by atoms with Crippen molar-refractivity contribution in [1.29, 1.82) is 5.26 Å². The monoisotopic (exact) mass is 231 g/mol. The number of nitriles is 1. The van der Waals surface area contributed by atoms with E-state index in [1.807, 2.05) is 26.0 Å². The van der Waals surface area contributed by atoms with Gasteiger partial charge in [-0.2, -0.15) is 5.26 Å². The Hall–Kier alpha value is -1.49. The molecule has 1 aromatic rings. The Morgan fingerprint density at radius 3 is 2.65 bits per heavy atom. The molecule has 2 heteroatoms. The molecule has 0 unspecified atom stereocenters. The second kappa shape index (κ2) is 5.72. The fourth-order valence-electron chi connectivity index (χ4n) is 1.63. The number of ether oxygens (including phenoxy) is 1. The van der Waals surface area contributed by atoms with Gasteiger partial charge in [-0.25, -0.2) is 0 Å². The number of aryl methyl sites for hydroxylation is 1. The van der Waals surface area contributed by atoms with Gasteiger partial charge in [-0.15, -0.1) is 0 Å². The van der Waals surface area contributed by atoms with Crippen LogP contribution in [0.3, 0.4) is 0 Å². The van der Waals surface area contributed by atoms with Crippen molar-refractivity contribution in [2.24, 2.45) is 5.41 Å². The van der Waals surface area contributed by atoms with Crippen LogP contribution in [0.5, 0.6) is 5.75 Å². The third kappa shape index (κ3) is 4.11. The summed E-state index contributed by atoms with van der Waals surface area (Å²) in [6.45, 7) is 8.76. The molecule has 2 nitrogen and oxygen atoms in total. The Morgan fingerprint density at radius 1 is 1.29 bits per heavy atom. The number of nitrogens with zero attached hydrogens (tertiary/aromatic N) is 1. The van der Waals surface area contributed by atoms with Crippen molar-refractivity contribution in [2.75, 3.05) is 6.61 Å². The zero-order chi connectivity index (χ0) is 12.9. The van der Waals surface area contributed by atoms with Crippen molar-refractivity contribution < 1.29 is 4.74 Å². The highest BCUT2D eigenvalue weighted by Crippen LogP contribution is 2.23. The second-order valence-corrected chi connectivity index (χ2v) is 5.15. The summed E-state index contributed by atoms with van der Waals surface area (Å²) in [4.78, 5) is 0. The van der Waals surface area contributed by atoms with Crippen LogP contribution in [0.2, 0.25) is 0 Å². The van der Waals surface area contributed by atoms with Crippen molar-refractivity contribution >= 4 is 0 Å². The molecule has 0 amide bonds. The molecule has 1 aromatic carbocycles. The first-order valence-corrected chi connectivity index (χ1v) is 6.06. The summed E-state index contributed by atoms with van der Waals surface area (Å²) in [6, 6.07) is 8.40. The predicted octanol–water partition coefficient (Wildman–Crippen LogP) is 4.01. The van der Waals surface area contributed by atoms with Crippen molar-refractivity contribution in [2.45, 2.75) is 40.5 Å². The van der Waals surface area contributed by atoms with E-state index < -0.39 is 0 Å². The quantitative estimate of drug-likeness (QED) is 0.717. The molecule has 92 valence electrons. The molecule has 0 heterocycles. The van der Waals surface area contributed by atoms with Gasteiger partial charge in [-0.1, -0.05) is 12.1 Å². The highest BCUT2D eigenvalue weighted by Gasteiger charge is 2.15. The minimum Gasteiger partial charge on any atom is -0.493 e. The SMILES string of the molecule is Cc1cccc(OCCCC(C)(C)C#N)c1C. The maximum Gasteiger partial charge on any atom is 0.122 e. The molecule has 0 aliphatic rings. The van der Waals surface area contributed by atoms with Gasteiger partial charge >= 0.3 is 0 Å². The first kappa shape index (κ1) is 13.6. The van der Waals surface area contributed by atoms with E-state index in [-0.39, 0.29) is 5.41 Å². The van der Waals surface area contributed by atoms with Crippen LogP contribution in [-0.4, -0.2) is 6.61 Å². The van der Waals surface area contributed by atoms with Gasteiger partial charge < -0.3 is 4.74 Å². The molecule has 0 aliphatic heterocycles. The molecule has 0 N–H and O–H groups in total. The number of benzene rings is 1. The van der Waals surface area contributed by atoms with Crippen LogP contribution < -0.4 is 4.74 Å². The van der Waals surface area contributed by atoms with Crippen LogP contribution >= 0.6 is 0 Å². The minimum absolute atomic E-state index is 0.245. The van der Waals surface area contributed by atoms with E-state index >= 15 is 0 Å². The molecule has 0 radical (unpaired) electrons. The van der Waals surface area contributed by atoms with Gasteiger partial charge in [0.25, 0.3) is 0 Å². The summed E-state index contributed by atoms with van der Waals surface area (Å²) < 4.78 is 5.75. The summed E-state index contributed by atoms with van der Waals surface area (Å²) in [7, 11) is 0. The molecule has 0 aromatic heterocycles. The van der Waals surface area contributed by atoms with Crippen LogP contribution in [0.25, 0.3) is 0 Å². The van der Waals surface area contributed by atoms with Crippen LogP contribution in [0, 0.1) is 30.6 Å². The largest absolute Gasteiger partial charge is 0.493 e. The molecule has 1 rings (SSSR count). The van der Waals surface area contributed by atoms with Gasteiger partial charge in [0.05, 0.1) is 18.1 Å². The Bertz CT molecular complexity index is 415. The summed E-state index contributed by atoms with van der Waals surface area (Å²) in [5, 5.41) is 8.90. The summed E-state index contributed by atoms with van der Waals surface area (Å²) >= 11 is 0. The fourth-order valence-corrected chi connectivity index (χ4v) is 1.63.